The van der Waals surface area contributed by atoms with Crippen LogP contribution in [-0.2, 0) is 0 Å². The third-order valence-electron chi connectivity index (χ3n) is 3.21. The molecule has 0 fully saturated rings. The number of hydrogen-bond donors (Lipinski definition) is 1. The maximum atomic E-state index is 5.90. The summed E-state index contributed by atoms with van der Waals surface area (Å²) in [5.74, 6) is 0.623. The predicted molar refractivity (Wildman–Crippen MR) is 81.2 cm³/mol. The van der Waals surface area contributed by atoms with Gasteiger partial charge < -0.3 is 5.32 Å². The van der Waals surface area contributed by atoms with Crippen LogP contribution in [0.3, 0.4) is 0 Å². The van der Waals surface area contributed by atoms with Crippen molar-refractivity contribution in [2.75, 3.05) is 5.32 Å². The molecule has 0 saturated heterocycles. The van der Waals surface area contributed by atoms with Crippen molar-refractivity contribution < 1.29 is 0 Å². The average Bonchev–Trinajstić information content (AvgIpc) is 2.80. The van der Waals surface area contributed by atoms with Gasteiger partial charge in [0.15, 0.2) is 5.65 Å². The van der Waals surface area contributed by atoms with Gasteiger partial charge in [-0.1, -0.05) is 23.7 Å². The molecule has 1 aromatic carbocycles. The Kier molecular flexibility index (Phi) is 3.32. The van der Waals surface area contributed by atoms with Gasteiger partial charge >= 0.3 is 0 Å². The standard InChI is InChI=1S/C15H15ClN4/c1-10-7-8-20-14(9-10)18-15(19-20)17-11(2)12-3-5-13(16)6-4-12/h3-9,11H,1-2H3,(H,17,19). The molecule has 0 radical (unpaired) electrons. The average molecular weight is 287 g/mol. The van der Waals surface area contributed by atoms with Gasteiger partial charge in [-0.25, -0.2) is 4.52 Å². The van der Waals surface area contributed by atoms with Crippen molar-refractivity contribution >= 4 is 23.2 Å². The fourth-order valence-corrected chi connectivity index (χ4v) is 2.20. The molecule has 3 aromatic rings. The van der Waals surface area contributed by atoms with Gasteiger partial charge in [0.2, 0.25) is 5.95 Å². The van der Waals surface area contributed by atoms with Gasteiger partial charge in [-0.3, -0.25) is 0 Å². The number of pyridine rings is 1. The molecule has 0 spiro atoms. The highest BCUT2D eigenvalue weighted by Crippen LogP contribution is 2.19. The number of nitrogens with zero attached hydrogens (tertiary/aromatic N) is 3. The highest BCUT2D eigenvalue weighted by atomic mass is 35.5. The highest BCUT2D eigenvalue weighted by molar-refractivity contribution is 6.30. The molecule has 0 aliphatic carbocycles. The van der Waals surface area contributed by atoms with Crippen molar-refractivity contribution in [2.24, 2.45) is 0 Å². The third kappa shape index (κ3) is 2.60. The summed E-state index contributed by atoms with van der Waals surface area (Å²) in [7, 11) is 0. The van der Waals surface area contributed by atoms with Gasteiger partial charge in [0.1, 0.15) is 0 Å². The van der Waals surface area contributed by atoms with Crippen molar-refractivity contribution in [3.05, 3.63) is 58.7 Å². The van der Waals surface area contributed by atoms with Crippen LogP contribution in [0, 0.1) is 6.92 Å². The summed E-state index contributed by atoms with van der Waals surface area (Å²) in [6.07, 6.45) is 1.91. The first-order chi connectivity index (χ1) is 9.61. The van der Waals surface area contributed by atoms with Crippen LogP contribution in [0.15, 0.2) is 42.6 Å². The number of nitrogens with one attached hydrogen (secondary N) is 1. The summed E-state index contributed by atoms with van der Waals surface area (Å²) in [6, 6.07) is 11.9. The number of benzene rings is 1. The molecule has 1 N–H and O–H groups in total. The Hall–Kier alpha value is -2.07. The zero-order valence-corrected chi connectivity index (χ0v) is 12.1. The molecule has 0 saturated carbocycles. The topological polar surface area (TPSA) is 42.2 Å². The lowest BCUT2D eigenvalue weighted by molar-refractivity contribution is 0.852. The summed E-state index contributed by atoms with van der Waals surface area (Å²) in [6.45, 7) is 4.11. The second-order valence-corrected chi connectivity index (χ2v) is 5.30. The maximum Gasteiger partial charge on any atom is 0.243 e. The summed E-state index contributed by atoms with van der Waals surface area (Å²) >= 11 is 5.90. The van der Waals surface area contributed by atoms with Gasteiger partial charge in [-0.05, 0) is 49.2 Å². The van der Waals surface area contributed by atoms with Crippen molar-refractivity contribution in [1.29, 1.82) is 0 Å². The maximum absolute atomic E-state index is 5.90. The van der Waals surface area contributed by atoms with Gasteiger partial charge in [0.25, 0.3) is 0 Å². The van der Waals surface area contributed by atoms with Crippen molar-refractivity contribution in [2.45, 2.75) is 19.9 Å². The molecule has 3 rings (SSSR count). The van der Waals surface area contributed by atoms with E-state index in [-0.39, 0.29) is 6.04 Å². The summed E-state index contributed by atoms with van der Waals surface area (Å²) in [5, 5.41) is 8.44. The normalized spacial score (nSPS) is 12.6. The highest BCUT2D eigenvalue weighted by Gasteiger charge is 2.09. The van der Waals surface area contributed by atoms with Crippen LogP contribution in [-0.4, -0.2) is 14.6 Å². The monoisotopic (exact) mass is 286 g/mol. The molecule has 0 aliphatic rings. The molecule has 5 heteroatoms. The molecule has 20 heavy (non-hydrogen) atoms. The van der Waals surface area contributed by atoms with Crippen LogP contribution < -0.4 is 5.32 Å². The van der Waals surface area contributed by atoms with Crippen LogP contribution in [0.4, 0.5) is 5.95 Å². The first kappa shape index (κ1) is 12.9. The van der Waals surface area contributed by atoms with Gasteiger partial charge in [-0.2, -0.15) is 4.98 Å². The lowest BCUT2D eigenvalue weighted by Gasteiger charge is -2.12. The number of anilines is 1. The number of fused-ring (bicyclic) bond motifs is 1. The molecule has 1 atom stereocenters. The molecule has 4 nitrogen and oxygen atoms in total. The molecule has 2 heterocycles. The lowest BCUT2D eigenvalue weighted by Crippen LogP contribution is -2.07. The van der Waals surface area contributed by atoms with Gasteiger partial charge in [-0.15, -0.1) is 5.10 Å². The van der Waals surface area contributed by atoms with E-state index in [1.54, 1.807) is 4.52 Å². The molecule has 2 aromatic heterocycles. The van der Waals surface area contributed by atoms with Crippen molar-refractivity contribution in [1.82, 2.24) is 14.6 Å². The Balaban J connectivity index is 1.83. The Morgan fingerprint density at radius 3 is 2.70 bits per heavy atom. The quantitative estimate of drug-likeness (QED) is 0.795. The van der Waals surface area contributed by atoms with Crippen LogP contribution in [0.2, 0.25) is 5.02 Å². The second-order valence-electron chi connectivity index (χ2n) is 4.86. The van der Waals surface area contributed by atoms with Crippen molar-refractivity contribution in [3.8, 4) is 0 Å². The molecule has 0 amide bonds. The van der Waals surface area contributed by atoms with Crippen molar-refractivity contribution in [3.63, 3.8) is 0 Å². The van der Waals surface area contributed by atoms with E-state index in [1.165, 1.54) is 5.56 Å². The Bertz CT molecular complexity index is 733. The Morgan fingerprint density at radius 1 is 1.20 bits per heavy atom. The molecule has 0 aliphatic heterocycles. The van der Waals surface area contributed by atoms with E-state index in [1.807, 2.05) is 49.5 Å². The Labute approximate surface area is 122 Å². The number of hydrogen-bond acceptors (Lipinski definition) is 3. The van der Waals surface area contributed by atoms with Crippen LogP contribution >= 0.6 is 11.6 Å². The zero-order valence-electron chi connectivity index (χ0n) is 11.3. The van der Waals surface area contributed by atoms with Gasteiger partial charge in [0, 0.05) is 11.2 Å². The summed E-state index contributed by atoms with van der Waals surface area (Å²) in [5.41, 5.74) is 3.16. The fraction of sp³-hybridized carbons (Fsp3) is 0.200. The van der Waals surface area contributed by atoms with E-state index in [4.69, 9.17) is 11.6 Å². The SMILES string of the molecule is Cc1ccn2nc(NC(C)c3ccc(Cl)cc3)nc2c1. The number of rotatable bonds is 3. The van der Waals surface area contributed by atoms with Crippen LogP contribution in [0.1, 0.15) is 24.1 Å². The fourth-order valence-electron chi connectivity index (χ4n) is 2.07. The minimum Gasteiger partial charge on any atom is -0.346 e. The van der Waals surface area contributed by atoms with Crippen LogP contribution in [0.25, 0.3) is 5.65 Å². The molecule has 1 unspecified atom stereocenters. The zero-order chi connectivity index (χ0) is 14.1. The molecular weight excluding hydrogens is 272 g/mol. The number of aryl methyl sites for hydroxylation is 1. The largest absolute Gasteiger partial charge is 0.346 e. The van der Waals surface area contributed by atoms with E-state index >= 15 is 0 Å². The lowest BCUT2D eigenvalue weighted by atomic mass is 10.1. The number of halogens is 1. The van der Waals surface area contributed by atoms with E-state index < -0.39 is 0 Å². The first-order valence-electron chi connectivity index (χ1n) is 6.47. The van der Waals surface area contributed by atoms with Gasteiger partial charge in [0.05, 0.1) is 6.04 Å². The van der Waals surface area contributed by atoms with Crippen LogP contribution in [0.5, 0.6) is 0 Å². The van der Waals surface area contributed by atoms with E-state index in [0.29, 0.717) is 5.95 Å². The minimum absolute atomic E-state index is 0.116. The second kappa shape index (κ2) is 5.13. The minimum atomic E-state index is 0.116. The Morgan fingerprint density at radius 2 is 1.95 bits per heavy atom. The summed E-state index contributed by atoms with van der Waals surface area (Å²) in [4.78, 5) is 4.47. The smallest absolute Gasteiger partial charge is 0.243 e. The van der Waals surface area contributed by atoms with E-state index in [9.17, 15) is 0 Å². The number of aromatic nitrogens is 3. The molecule has 0 bridgehead atoms. The van der Waals surface area contributed by atoms with E-state index in [0.717, 1.165) is 16.2 Å². The third-order valence-corrected chi connectivity index (χ3v) is 3.46. The first-order valence-corrected chi connectivity index (χ1v) is 6.84. The van der Waals surface area contributed by atoms with E-state index in [2.05, 4.69) is 22.3 Å². The predicted octanol–water partition coefficient (Wildman–Crippen LogP) is 3.86. The molecule has 102 valence electrons. The molecular formula is C15H15ClN4. The summed E-state index contributed by atoms with van der Waals surface area (Å²) < 4.78 is 1.77.